The fourth-order valence-electron chi connectivity index (χ4n) is 2.88. The van der Waals surface area contributed by atoms with Crippen molar-refractivity contribution < 1.29 is 9.53 Å². The first-order valence-corrected chi connectivity index (χ1v) is 8.19. The number of hydrogen-bond donors (Lipinski definition) is 0. The van der Waals surface area contributed by atoms with Gasteiger partial charge in [-0.05, 0) is 31.6 Å². The second-order valence-corrected chi connectivity index (χ2v) is 6.55. The molecule has 1 atom stereocenters. The maximum Gasteiger partial charge on any atom is 0.222 e. The number of carbonyl (C=O) groups excluding carboxylic acids is 1. The average Bonchev–Trinajstić information content (AvgIpc) is 2.55. The highest BCUT2D eigenvalue weighted by Crippen LogP contribution is 2.34. The summed E-state index contributed by atoms with van der Waals surface area (Å²) in [6.45, 7) is 5.78. The Labute approximate surface area is 118 Å². The molecule has 0 bridgehead atoms. The largest absolute Gasteiger partial charge is 0.381 e. The Morgan fingerprint density at radius 3 is 2.78 bits per heavy atom. The average molecular weight is 318 g/mol. The normalized spacial score (nSPS) is 29.1. The lowest BCUT2D eigenvalue weighted by molar-refractivity contribution is -0.133. The van der Waals surface area contributed by atoms with Crippen LogP contribution in [0.3, 0.4) is 0 Å². The summed E-state index contributed by atoms with van der Waals surface area (Å²) < 4.78 is 5.46. The van der Waals surface area contributed by atoms with Crippen molar-refractivity contribution in [2.24, 2.45) is 11.3 Å². The Kier molecular flexibility index (Phi) is 5.07. The fourth-order valence-corrected chi connectivity index (χ4v) is 3.62. The van der Waals surface area contributed by atoms with Crippen LogP contribution in [-0.4, -0.2) is 42.4 Å². The third-order valence-corrected chi connectivity index (χ3v) is 5.65. The molecule has 0 aliphatic carbocycles. The number of hydrogen-bond acceptors (Lipinski definition) is 2. The second kappa shape index (κ2) is 6.38. The summed E-state index contributed by atoms with van der Waals surface area (Å²) >= 11 is 3.65. The van der Waals surface area contributed by atoms with Gasteiger partial charge in [0.15, 0.2) is 0 Å². The quantitative estimate of drug-likeness (QED) is 0.749. The molecule has 2 aliphatic heterocycles. The maximum absolute atomic E-state index is 12.2. The van der Waals surface area contributed by atoms with Gasteiger partial charge in [-0.2, -0.15) is 0 Å². The number of nitrogens with zero attached hydrogens (tertiary/aromatic N) is 1. The predicted octanol–water partition coefficient (Wildman–Crippen LogP) is 2.83. The summed E-state index contributed by atoms with van der Waals surface area (Å²) in [6, 6.07) is 0. The van der Waals surface area contributed by atoms with Gasteiger partial charge in [0.1, 0.15) is 0 Å². The smallest absolute Gasteiger partial charge is 0.222 e. The van der Waals surface area contributed by atoms with Crippen LogP contribution in [0.1, 0.15) is 39.0 Å². The van der Waals surface area contributed by atoms with Gasteiger partial charge in [-0.1, -0.05) is 22.9 Å². The van der Waals surface area contributed by atoms with Crippen molar-refractivity contribution in [3.63, 3.8) is 0 Å². The maximum atomic E-state index is 12.2. The van der Waals surface area contributed by atoms with E-state index in [1.807, 2.05) is 0 Å². The van der Waals surface area contributed by atoms with Crippen LogP contribution in [0.2, 0.25) is 0 Å². The van der Waals surface area contributed by atoms with E-state index in [0.717, 1.165) is 63.7 Å². The number of halogens is 1. The zero-order valence-electron chi connectivity index (χ0n) is 11.3. The molecule has 1 amide bonds. The Bertz CT molecular complexity index is 290. The summed E-state index contributed by atoms with van der Waals surface area (Å²) in [5.74, 6) is 1.04. The van der Waals surface area contributed by atoms with Gasteiger partial charge < -0.3 is 9.64 Å². The number of amides is 1. The summed E-state index contributed by atoms with van der Waals surface area (Å²) in [6.07, 6.45) is 5.07. The molecular formula is C14H24BrNO2. The van der Waals surface area contributed by atoms with Crippen LogP contribution >= 0.6 is 15.9 Å². The van der Waals surface area contributed by atoms with Crippen molar-refractivity contribution in [3.8, 4) is 0 Å². The lowest BCUT2D eigenvalue weighted by Crippen LogP contribution is -2.45. The molecule has 0 spiro atoms. The minimum atomic E-state index is 0.238. The number of ether oxygens (including phenoxy) is 1. The molecule has 2 heterocycles. The molecule has 0 radical (unpaired) electrons. The molecule has 2 aliphatic rings. The van der Waals surface area contributed by atoms with Gasteiger partial charge in [0.05, 0.1) is 0 Å². The van der Waals surface area contributed by atoms with Crippen molar-refractivity contribution in [3.05, 3.63) is 0 Å². The van der Waals surface area contributed by atoms with Gasteiger partial charge >= 0.3 is 0 Å². The zero-order chi connectivity index (χ0) is 13.0. The van der Waals surface area contributed by atoms with Crippen LogP contribution in [-0.2, 0) is 9.53 Å². The minimum absolute atomic E-state index is 0.238. The van der Waals surface area contributed by atoms with E-state index in [1.165, 1.54) is 0 Å². The van der Waals surface area contributed by atoms with E-state index in [1.54, 1.807) is 0 Å². The van der Waals surface area contributed by atoms with Gasteiger partial charge in [-0.25, -0.2) is 0 Å². The molecule has 0 aromatic heterocycles. The second-order valence-electron chi connectivity index (χ2n) is 5.99. The molecule has 2 rings (SSSR count). The molecule has 1 unspecified atom stereocenters. The third-order valence-electron chi connectivity index (χ3n) is 4.46. The van der Waals surface area contributed by atoms with Crippen molar-refractivity contribution in [2.75, 3.05) is 31.6 Å². The zero-order valence-corrected chi connectivity index (χ0v) is 12.9. The molecule has 0 N–H and O–H groups in total. The molecule has 0 saturated carbocycles. The topological polar surface area (TPSA) is 29.5 Å². The molecular weight excluding hydrogens is 294 g/mol. The van der Waals surface area contributed by atoms with Crippen LogP contribution in [0.15, 0.2) is 0 Å². The number of rotatable bonds is 3. The number of alkyl halides is 1. The highest BCUT2D eigenvalue weighted by atomic mass is 79.9. The molecule has 0 aromatic rings. The Hall–Kier alpha value is -0.0900. The minimum Gasteiger partial charge on any atom is -0.381 e. The van der Waals surface area contributed by atoms with Gasteiger partial charge in [0.25, 0.3) is 0 Å². The lowest BCUT2D eigenvalue weighted by Gasteiger charge is -2.39. The SMILES string of the molecule is CC1CCC(=O)N(CC2(CBr)CCOCC2)CC1. The molecule has 2 fully saturated rings. The summed E-state index contributed by atoms with van der Waals surface area (Å²) in [5.41, 5.74) is 0.238. The Morgan fingerprint density at radius 1 is 1.39 bits per heavy atom. The molecule has 104 valence electrons. The number of likely N-dealkylation sites (tertiary alicyclic amines) is 1. The first-order chi connectivity index (χ1) is 8.65. The molecule has 3 nitrogen and oxygen atoms in total. The van der Waals surface area contributed by atoms with Crippen LogP contribution in [0, 0.1) is 11.3 Å². The van der Waals surface area contributed by atoms with Crippen molar-refractivity contribution in [2.45, 2.75) is 39.0 Å². The van der Waals surface area contributed by atoms with Crippen LogP contribution in [0.4, 0.5) is 0 Å². The first-order valence-electron chi connectivity index (χ1n) is 7.07. The van der Waals surface area contributed by atoms with E-state index >= 15 is 0 Å². The van der Waals surface area contributed by atoms with Gasteiger partial charge in [0, 0.05) is 43.5 Å². The van der Waals surface area contributed by atoms with E-state index in [9.17, 15) is 4.79 Å². The van der Waals surface area contributed by atoms with Gasteiger partial charge in [0.2, 0.25) is 5.91 Å². The van der Waals surface area contributed by atoms with Crippen molar-refractivity contribution in [1.29, 1.82) is 0 Å². The highest BCUT2D eigenvalue weighted by molar-refractivity contribution is 9.09. The molecule has 2 saturated heterocycles. The van der Waals surface area contributed by atoms with E-state index < -0.39 is 0 Å². The predicted molar refractivity (Wildman–Crippen MR) is 75.9 cm³/mol. The van der Waals surface area contributed by atoms with E-state index in [2.05, 4.69) is 27.8 Å². The standard InChI is InChI=1S/C14H24BrNO2/c1-12-2-3-13(17)16(7-4-12)11-14(10-15)5-8-18-9-6-14/h12H,2-11H2,1H3. The highest BCUT2D eigenvalue weighted by Gasteiger charge is 2.35. The van der Waals surface area contributed by atoms with Gasteiger partial charge in [-0.15, -0.1) is 0 Å². The molecule has 4 heteroatoms. The Morgan fingerprint density at radius 2 is 2.11 bits per heavy atom. The summed E-state index contributed by atoms with van der Waals surface area (Å²) in [5, 5.41) is 0.975. The summed E-state index contributed by atoms with van der Waals surface area (Å²) in [7, 11) is 0. The number of carbonyl (C=O) groups is 1. The van der Waals surface area contributed by atoms with E-state index in [4.69, 9.17) is 4.74 Å². The summed E-state index contributed by atoms with van der Waals surface area (Å²) in [4.78, 5) is 14.3. The van der Waals surface area contributed by atoms with E-state index in [0.29, 0.717) is 11.8 Å². The Balaban J connectivity index is 1.99. The fraction of sp³-hybridized carbons (Fsp3) is 0.929. The van der Waals surface area contributed by atoms with Crippen molar-refractivity contribution >= 4 is 21.8 Å². The van der Waals surface area contributed by atoms with Crippen LogP contribution in [0.5, 0.6) is 0 Å². The van der Waals surface area contributed by atoms with E-state index in [-0.39, 0.29) is 5.41 Å². The lowest BCUT2D eigenvalue weighted by atomic mass is 9.81. The first kappa shape index (κ1) is 14.3. The molecule has 0 aromatic carbocycles. The molecule has 18 heavy (non-hydrogen) atoms. The van der Waals surface area contributed by atoms with Crippen LogP contribution < -0.4 is 0 Å². The third kappa shape index (κ3) is 3.47. The van der Waals surface area contributed by atoms with Crippen LogP contribution in [0.25, 0.3) is 0 Å². The van der Waals surface area contributed by atoms with Gasteiger partial charge in [-0.3, -0.25) is 4.79 Å². The monoisotopic (exact) mass is 317 g/mol. The van der Waals surface area contributed by atoms with Crippen molar-refractivity contribution in [1.82, 2.24) is 4.90 Å².